The molecule has 0 spiro atoms. The Kier molecular flexibility index (Phi) is 3.38. The van der Waals surface area contributed by atoms with Gasteiger partial charge < -0.3 is 5.73 Å². The van der Waals surface area contributed by atoms with Gasteiger partial charge in [-0.1, -0.05) is 6.92 Å². The Morgan fingerprint density at radius 2 is 2.05 bits per heavy atom. The second-order valence-electron chi connectivity index (χ2n) is 4.65. The zero-order valence-corrected chi connectivity index (χ0v) is 11.8. The Morgan fingerprint density at radius 3 is 2.58 bits per heavy atom. The van der Waals surface area contributed by atoms with Gasteiger partial charge in [0, 0.05) is 11.9 Å². The molecule has 0 atom stereocenters. The molecule has 0 bridgehead atoms. The number of nitrogens with zero attached hydrogens (tertiary/aromatic N) is 3. The highest BCUT2D eigenvalue weighted by Crippen LogP contribution is 2.21. The van der Waals surface area contributed by atoms with Gasteiger partial charge in [0.15, 0.2) is 5.82 Å². The third-order valence-corrected chi connectivity index (χ3v) is 3.40. The molecule has 2 rings (SSSR count). The number of nitrogens with one attached hydrogen (secondary N) is 1. The average molecular weight is 257 g/mol. The van der Waals surface area contributed by atoms with Gasteiger partial charge in [-0.2, -0.15) is 5.10 Å². The van der Waals surface area contributed by atoms with E-state index in [1.165, 1.54) is 5.56 Å². The van der Waals surface area contributed by atoms with Gasteiger partial charge in [-0.25, -0.2) is 9.67 Å². The van der Waals surface area contributed by atoms with Gasteiger partial charge in [-0.15, -0.1) is 0 Å². The number of aromatic nitrogens is 3. The lowest BCUT2D eigenvalue weighted by molar-refractivity contribution is 0.801. The maximum absolute atomic E-state index is 7.74. The van der Waals surface area contributed by atoms with E-state index in [1.54, 1.807) is 10.9 Å². The lowest BCUT2D eigenvalue weighted by Crippen LogP contribution is -2.18. The second kappa shape index (κ2) is 4.84. The molecule has 0 saturated carbocycles. The van der Waals surface area contributed by atoms with Crippen LogP contribution in [0.5, 0.6) is 0 Å². The van der Waals surface area contributed by atoms with Crippen molar-refractivity contribution in [1.29, 1.82) is 5.41 Å². The van der Waals surface area contributed by atoms with Crippen LogP contribution < -0.4 is 5.73 Å². The highest BCUT2D eigenvalue weighted by Gasteiger charge is 2.17. The fourth-order valence-corrected chi connectivity index (χ4v) is 2.43. The van der Waals surface area contributed by atoms with E-state index in [0.717, 1.165) is 23.4 Å². The first-order chi connectivity index (χ1) is 8.97. The van der Waals surface area contributed by atoms with Crippen molar-refractivity contribution in [2.75, 3.05) is 0 Å². The summed E-state index contributed by atoms with van der Waals surface area (Å²) in [6.45, 7) is 8.05. The first kappa shape index (κ1) is 13.3. The molecule has 3 N–H and O–H groups in total. The van der Waals surface area contributed by atoms with E-state index in [1.807, 2.05) is 26.8 Å². The van der Waals surface area contributed by atoms with E-state index in [4.69, 9.17) is 11.1 Å². The number of rotatable bonds is 3. The van der Waals surface area contributed by atoms with Crippen LogP contribution in [-0.4, -0.2) is 20.6 Å². The van der Waals surface area contributed by atoms with Crippen molar-refractivity contribution >= 4 is 5.84 Å². The molecule has 100 valence electrons. The lowest BCUT2D eigenvalue weighted by atomic mass is 10.1. The standard InChI is InChI=1S/C14H19N5/c1-5-11-9(3)18-19(10(11)4)14-12(13(15)16)8(2)6-7-17-14/h6-7H,5H2,1-4H3,(H3,15,16). The summed E-state index contributed by atoms with van der Waals surface area (Å²) in [6, 6.07) is 1.85. The summed E-state index contributed by atoms with van der Waals surface area (Å²) in [5.41, 5.74) is 10.5. The normalized spacial score (nSPS) is 10.7. The van der Waals surface area contributed by atoms with Crippen LogP contribution in [0.15, 0.2) is 12.3 Å². The molecule has 0 fully saturated rings. The van der Waals surface area contributed by atoms with Gasteiger partial charge >= 0.3 is 0 Å². The van der Waals surface area contributed by atoms with Crippen LogP contribution in [0.4, 0.5) is 0 Å². The minimum atomic E-state index is 0.0196. The van der Waals surface area contributed by atoms with Crippen molar-refractivity contribution in [2.24, 2.45) is 5.73 Å². The van der Waals surface area contributed by atoms with Gasteiger partial charge in [0.2, 0.25) is 0 Å². The van der Waals surface area contributed by atoms with Crippen molar-refractivity contribution in [2.45, 2.75) is 34.1 Å². The quantitative estimate of drug-likeness (QED) is 0.652. The fourth-order valence-electron chi connectivity index (χ4n) is 2.43. The molecule has 2 aromatic heterocycles. The molecule has 5 nitrogen and oxygen atoms in total. The molecule has 2 aromatic rings. The maximum Gasteiger partial charge on any atom is 0.164 e. The first-order valence-electron chi connectivity index (χ1n) is 6.32. The zero-order chi connectivity index (χ0) is 14.2. The van der Waals surface area contributed by atoms with E-state index in [9.17, 15) is 0 Å². The van der Waals surface area contributed by atoms with Crippen molar-refractivity contribution in [3.8, 4) is 5.82 Å². The van der Waals surface area contributed by atoms with E-state index in [0.29, 0.717) is 11.4 Å². The average Bonchev–Trinajstić information content (AvgIpc) is 2.63. The number of hydrogen-bond donors (Lipinski definition) is 2. The molecule has 2 heterocycles. The third-order valence-electron chi connectivity index (χ3n) is 3.40. The molecular weight excluding hydrogens is 238 g/mol. The summed E-state index contributed by atoms with van der Waals surface area (Å²) in [6.07, 6.45) is 2.65. The molecule has 19 heavy (non-hydrogen) atoms. The second-order valence-corrected chi connectivity index (χ2v) is 4.65. The highest BCUT2D eigenvalue weighted by molar-refractivity contribution is 5.99. The largest absolute Gasteiger partial charge is 0.384 e. The third kappa shape index (κ3) is 2.12. The topological polar surface area (TPSA) is 80.6 Å². The Hall–Kier alpha value is -2.17. The number of aryl methyl sites for hydroxylation is 2. The summed E-state index contributed by atoms with van der Waals surface area (Å²) < 4.78 is 1.79. The minimum absolute atomic E-state index is 0.0196. The van der Waals surface area contributed by atoms with Crippen molar-refractivity contribution in [3.05, 3.63) is 40.3 Å². The predicted molar refractivity (Wildman–Crippen MR) is 76.0 cm³/mol. The Bertz CT molecular complexity index is 640. The molecule has 0 unspecified atom stereocenters. The monoisotopic (exact) mass is 257 g/mol. The molecule has 0 aromatic carbocycles. The van der Waals surface area contributed by atoms with Crippen LogP contribution in [-0.2, 0) is 6.42 Å². The van der Waals surface area contributed by atoms with Crippen LogP contribution in [0.3, 0.4) is 0 Å². The summed E-state index contributed by atoms with van der Waals surface area (Å²) in [5.74, 6) is 0.652. The van der Waals surface area contributed by atoms with Crippen molar-refractivity contribution < 1.29 is 0 Å². The van der Waals surface area contributed by atoms with Crippen molar-refractivity contribution in [1.82, 2.24) is 14.8 Å². The maximum atomic E-state index is 7.74. The van der Waals surface area contributed by atoms with Gasteiger partial charge in [0.25, 0.3) is 0 Å². The van der Waals surface area contributed by atoms with Crippen LogP contribution in [0.2, 0.25) is 0 Å². The van der Waals surface area contributed by atoms with Crippen LogP contribution >= 0.6 is 0 Å². The molecule has 0 aliphatic rings. The van der Waals surface area contributed by atoms with Crippen LogP contribution in [0, 0.1) is 26.2 Å². The minimum Gasteiger partial charge on any atom is -0.384 e. The lowest BCUT2D eigenvalue weighted by Gasteiger charge is -2.11. The molecule has 0 aliphatic heterocycles. The van der Waals surface area contributed by atoms with E-state index < -0.39 is 0 Å². The van der Waals surface area contributed by atoms with E-state index >= 15 is 0 Å². The smallest absolute Gasteiger partial charge is 0.164 e. The molecule has 0 amide bonds. The number of hydrogen-bond acceptors (Lipinski definition) is 3. The predicted octanol–water partition coefficient (Wildman–Crippen LogP) is 2.04. The van der Waals surface area contributed by atoms with Crippen LogP contribution in [0.25, 0.3) is 5.82 Å². The van der Waals surface area contributed by atoms with E-state index in [-0.39, 0.29) is 5.84 Å². The SMILES string of the molecule is CCc1c(C)nn(-c2nccc(C)c2C(=N)N)c1C. The van der Waals surface area contributed by atoms with E-state index in [2.05, 4.69) is 17.0 Å². The Balaban J connectivity index is 2.73. The Labute approximate surface area is 113 Å². The highest BCUT2D eigenvalue weighted by atomic mass is 15.3. The summed E-state index contributed by atoms with van der Waals surface area (Å²) in [7, 11) is 0. The molecular formula is C14H19N5. The zero-order valence-electron chi connectivity index (χ0n) is 11.8. The number of pyridine rings is 1. The van der Waals surface area contributed by atoms with Crippen LogP contribution in [0.1, 0.15) is 35.0 Å². The van der Waals surface area contributed by atoms with Gasteiger partial charge in [0.05, 0.1) is 11.3 Å². The van der Waals surface area contributed by atoms with Gasteiger partial charge in [-0.05, 0) is 44.4 Å². The summed E-state index contributed by atoms with van der Waals surface area (Å²) >= 11 is 0. The number of nitrogen functional groups attached to an aromatic ring is 1. The summed E-state index contributed by atoms with van der Waals surface area (Å²) in [5, 5.41) is 12.3. The molecule has 5 heteroatoms. The number of amidine groups is 1. The first-order valence-corrected chi connectivity index (χ1v) is 6.32. The molecule has 0 radical (unpaired) electrons. The summed E-state index contributed by atoms with van der Waals surface area (Å²) in [4.78, 5) is 4.36. The fraction of sp³-hybridized carbons (Fsp3) is 0.357. The van der Waals surface area contributed by atoms with Gasteiger partial charge in [-0.3, -0.25) is 5.41 Å². The van der Waals surface area contributed by atoms with Crippen molar-refractivity contribution in [3.63, 3.8) is 0 Å². The van der Waals surface area contributed by atoms with Gasteiger partial charge in [0.1, 0.15) is 5.84 Å². The number of nitrogens with two attached hydrogens (primary N) is 1. The Morgan fingerprint density at radius 1 is 1.37 bits per heavy atom. The molecule has 0 aliphatic carbocycles. The molecule has 0 saturated heterocycles.